The first-order chi connectivity index (χ1) is 14.5. The minimum atomic E-state index is -0.178. The third-order valence-corrected chi connectivity index (χ3v) is 7.24. The molecule has 1 N–H and O–H groups in total. The maximum Gasteiger partial charge on any atom is 0.261 e. The highest BCUT2D eigenvalue weighted by Crippen LogP contribution is 2.62. The van der Waals surface area contributed by atoms with Crippen LogP contribution >= 0.6 is 0 Å². The van der Waals surface area contributed by atoms with E-state index in [1.165, 1.54) is 0 Å². The largest absolute Gasteiger partial charge is 0.396 e. The summed E-state index contributed by atoms with van der Waals surface area (Å²) in [7, 11) is 0. The monoisotopic (exact) mass is 411 g/mol. The van der Waals surface area contributed by atoms with Crippen LogP contribution in [0.5, 0.6) is 0 Å². The van der Waals surface area contributed by atoms with Crippen molar-refractivity contribution in [3.8, 4) is 11.3 Å². The summed E-state index contributed by atoms with van der Waals surface area (Å²) in [5.41, 5.74) is 1.33. The van der Waals surface area contributed by atoms with Gasteiger partial charge in [0.05, 0.1) is 19.8 Å². The summed E-state index contributed by atoms with van der Waals surface area (Å²) < 4.78 is 11.2. The molecule has 1 amide bonds. The molecular weight excluding hydrogens is 382 g/mol. The van der Waals surface area contributed by atoms with Crippen LogP contribution in [0.2, 0.25) is 0 Å². The average molecular weight is 412 g/mol. The Bertz CT molecular complexity index is 935. The van der Waals surface area contributed by atoms with Gasteiger partial charge in [-0.2, -0.15) is 0 Å². The molecule has 2 atom stereocenters. The molecule has 7 nitrogen and oxygen atoms in total. The van der Waals surface area contributed by atoms with Crippen LogP contribution in [-0.4, -0.2) is 67.1 Å². The van der Waals surface area contributed by atoms with Crippen molar-refractivity contribution >= 4 is 11.7 Å². The minimum absolute atomic E-state index is 0.0605. The van der Waals surface area contributed by atoms with E-state index in [0.717, 1.165) is 12.0 Å². The molecule has 160 valence electrons. The van der Waals surface area contributed by atoms with E-state index in [1.54, 1.807) is 0 Å². The highest BCUT2D eigenvalue weighted by atomic mass is 16.5. The van der Waals surface area contributed by atoms with E-state index in [4.69, 9.17) is 9.26 Å². The van der Waals surface area contributed by atoms with Crippen molar-refractivity contribution in [2.75, 3.05) is 50.9 Å². The highest BCUT2D eigenvalue weighted by Gasteiger charge is 2.63. The van der Waals surface area contributed by atoms with Crippen LogP contribution in [0.1, 0.15) is 30.6 Å². The summed E-state index contributed by atoms with van der Waals surface area (Å²) in [5.74, 6) is 1.36. The van der Waals surface area contributed by atoms with E-state index in [-0.39, 0.29) is 23.3 Å². The summed E-state index contributed by atoms with van der Waals surface area (Å²) >= 11 is 0. The number of rotatable bonds is 4. The van der Waals surface area contributed by atoms with Gasteiger partial charge in [-0.3, -0.25) is 4.79 Å². The number of nitrogens with zero attached hydrogens (tertiary/aromatic N) is 3. The number of amides is 1. The highest BCUT2D eigenvalue weighted by molar-refractivity contribution is 6.04. The van der Waals surface area contributed by atoms with Crippen LogP contribution in [0.25, 0.3) is 11.3 Å². The number of aliphatic hydroxyl groups excluding tert-OH is 1. The number of likely N-dealkylation sites (tertiary alicyclic amines) is 1. The van der Waals surface area contributed by atoms with Gasteiger partial charge in [0.1, 0.15) is 5.56 Å². The van der Waals surface area contributed by atoms with Crippen LogP contribution in [0.15, 0.2) is 34.9 Å². The van der Waals surface area contributed by atoms with Gasteiger partial charge in [0.25, 0.3) is 5.91 Å². The molecule has 3 fully saturated rings. The number of hydrogen-bond donors (Lipinski definition) is 1. The lowest BCUT2D eigenvalue weighted by molar-refractivity contribution is -0.0977. The number of aromatic nitrogens is 1. The fourth-order valence-corrected chi connectivity index (χ4v) is 5.90. The number of morpholine rings is 1. The van der Waals surface area contributed by atoms with Crippen LogP contribution in [0.4, 0.5) is 5.82 Å². The molecule has 3 heterocycles. The normalized spacial score (nSPS) is 27.6. The number of ether oxygens (including phenoxy) is 1. The van der Waals surface area contributed by atoms with Crippen LogP contribution in [0.3, 0.4) is 0 Å². The molecule has 2 aromatic rings. The van der Waals surface area contributed by atoms with E-state index in [2.05, 4.69) is 23.9 Å². The molecule has 3 aliphatic rings. The summed E-state index contributed by atoms with van der Waals surface area (Å²) in [6, 6.07) is 9.67. The van der Waals surface area contributed by atoms with E-state index in [0.29, 0.717) is 62.5 Å². The van der Waals surface area contributed by atoms with Crippen molar-refractivity contribution in [3.05, 3.63) is 35.9 Å². The Hall–Kier alpha value is -2.38. The zero-order chi connectivity index (χ0) is 20.9. The third-order valence-electron chi connectivity index (χ3n) is 7.24. The lowest BCUT2D eigenvalue weighted by Crippen LogP contribution is -2.54. The molecule has 30 heavy (non-hydrogen) atoms. The topological polar surface area (TPSA) is 79.0 Å². The van der Waals surface area contributed by atoms with Crippen molar-refractivity contribution in [1.82, 2.24) is 10.1 Å². The second-order valence-corrected chi connectivity index (χ2v) is 9.60. The fraction of sp³-hybridized carbons (Fsp3) is 0.565. The molecule has 7 heteroatoms. The van der Waals surface area contributed by atoms with Gasteiger partial charge in [-0.05, 0) is 17.8 Å². The average Bonchev–Trinajstić information content (AvgIpc) is 3.35. The van der Waals surface area contributed by atoms with Crippen molar-refractivity contribution in [2.45, 2.75) is 20.3 Å². The lowest BCUT2D eigenvalue weighted by Gasteiger charge is -2.55. The zero-order valence-corrected chi connectivity index (χ0v) is 17.6. The van der Waals surface area contributed by atoms with Gasteiger partial charge in [-0.1, -0.05) is 49.3 Å². The van der Waals surface area contributed by atoms with E-state index in [1.807, 2.05) is 35.2 Å². The number of hydrogen-bond acceptors (Lipinski definition) is 6. The molecule has 5 rings (SSSR count). The molecule has 1 aromatic carbocycles. The molecule has 1 aliphatic carbocycles. The van der Waals surface area contributed by atoms with Crippen LogP contribution < -0.4 is 4.90 Å². The summed E-state index contributed by atoms with van der Waals surface area (Å²) in [6.07, 6.45) is 0.941. The molecule has 2 aliphatic heterocycles. The van der Waals surface area contributed by atoms with Gasteiger partial charge in [-0.25, -0.2) is 0 Å². The first-order valence-electron chi connectivity index (χ1n) is 10.7. The van der Waals surface area contributed by atoms with Crippen molar-refractivity contribution in [3.63, 3.8) is 0 Å². The first kappa shape index (κ1) is 19.6. The molecule has 0 unspecified atom stereocenters. The number of carbonyl (C=O) groups is 1. The number of anilines is 1. The van der Waals surface area contributed by atoms with Gasteiger partial charge in [0.2, 0.25) is 0 Å². The molecule has 0 radical (unpaired) electrons. The fourth-order valence-electron chi connectivity index (χ4n) is 5.90. The predicted molar refractivity (Wildman–Crippen MR) is 112 cm³/mol. The maximum atomic E-state index is 13.8. The Morgan fingerprint density at radius 1 is 1.23 bits per heavy atom. The Balaban J connectivity index is 1.52. The number of carbonyl (C=O) groups excluding carboxylic acids is 1. The Kier molecular flexibility index (Phi) is 4.63. The predicted octanol–water partition coefficient (Wildman–Crippen LogP) is 2.66. The minimum Gasteiger partial charge on any atom is -0.396 e. The summed E-state index contributed by atoms with van der Waals surface area (Å²) in [4.78, 5) is 17.8. The SMILES string of the molecule is CC1(C)C[C@]2(CO)CN(C(=O)c3c(N4CCOCC4)noc3-c3ccccc3)C[C@H]12. The van der Waals surface area contributed by atoms with Crippen LogP contribution in [-0.2, 0) is 4.74 Å². The van der Waals surface area contributed by atoms with Gasteiger partial charge in [0, 0.05) is 37.2 Å². The second kappa shape index (κ2) is 7.10. The second-order valence-electron chi connectivity index (χ2n) is 9.60. The molecular formula is C23H29N3O4. The number of aliphatic hydroxyl groups is 1. The Morgan fingerprint density at radius 2 is 1.97 bits per heavy atom. The standard InChI is InChI=1S/C23H29N3O4/c1-22(2)13-23(15-27)14-26(12-17(22)23)21(28)18-19(16-6-4-3-5-7-16)30-24-20(18)25-8-10-29-11-9-25/h3-7,17,27H,8-15H2,1-2H3/t17-,23-/m1/s1. The van der Waals surface area contributed by atoms with Gasteiger partial charge < -0.3 is 24.2 Å². The molecule has 1 saturated carbocycles. The summed E-state index contributed by atoms with van der Waals surface area (Å²) in [6.45, 7) is 8.39. The molecule has 0 bridgehead atoms. The zero-order valence-electron chi connectivity index (χ0n) is 17.6. The van der Waals surface area contributed by atoms with E-state index < -0.39 is 0 Å². The summed E-state index contributed by atoms with van der Waals surface area (Å²) in [5, 5.41) is 14.4. The number of fused-ring (bicyclic) bond motifs is 1. The number of benzene rings is 1. The quantitative estimate of drug-likeness (QED) is 0.833. The van der Waals surface area contributed by atoms with Gasteiger partial charge in [-0.15, -0.1) is 0 Å². The lowest BCUT2D eigenvalue weighted by atomic mass is 9.48. The molecule has 0 spiro atoms. The maximum absolute atomic E-state index is 13.8. The smallest absolute Gasteiger partial charge is 0.261 e. The Labute approximate surface area is 176 Å². The van der Waals surface area contributed by atoms with Gasteiger partial charge in [0.15, 0.2) is 11.6 Å². The Morgan fingerprint density at radius 3 is 2.60 bits per heavy atom. The van der Waals surface area contributed by atoms with E-state index >= 15 is 0 Å². The molecule has 2 saturated heterocycles. The van der Waals surface area contributed by atoms with Crippen LogP contribution in [0, 0.1) is 16.7 Å². The van der Waals surface area contributed by atoms with Crippen molar-refractivity contribution < 1.29 is 19.2 Å². The third kappa shape index (κ3) is 2.94. The van der Waals surface area contributed by atoms with Crippen molar-refractivity contribution in [2.24, 2.45) is 16.7 Å². The van der Waals surface area contributed by atoms with Crippen molar-refractivity contribution in [1.29, 1.82) is 0 Å². The first-order valence-corrected chi connectivity index (χ1v) is 10.7. The van der Waals surface area contributed by atoms with Gasteiger partial charge >= 0.3 is 0 Å². The molecule has 1 aromatic heterocycles. The van der Waals surface area contributed by atoms with E-state index in [9.17, 15) is 9.90 Å².